The van der Waals surface area contributed by atoms with Crippen molar-refractivity contribution < 1.29 is 17.6 Å². The van der Waals surface area contributed by atoms with Crippen LogP contribution >= 0.6 is 0 Å². The summed E-state index contributed by atoms with van der Waals surface area (Å²) >= 11 is 0. The van der Waals surface area contributed by atoms with Crippen molar-refractivity contribution in [2.45, 2.75) is 39.8 Å². The van der Waals surface area contributed by atoms with E-state index in [1.54, 1.807) is 0 Å². The highest BCUT2D eigenvalue weighted by molar-refractivity contribution is 7.92. The summed E-state index contributed by atoms with van der Waals surface area (Å²) in [4.78, 5) is 12.8. The van der Waals surface area contributed by atoms with Crippen molar-refractivity contribution in [3.05, 3.63) is 65.0 Å². The molecular formula is C20H25FN2O3S. The fraction of sp³-hybridized carbons (Fsp3) is 0.350. The van der Waals surface area contributed by atoms with Crippen molar-refractivity contribution in [1.29, 1.82) is 0 Å². The van der Waals surface area contributed by atoms with Gasteiger partial charge in [-0.05, 0) is 57.0 Å². The average molecular weight is 392 g/mol. The number of amides is 1. The number of carbonyl (C=O) groups excluding carboxylic acids is 1. The second-order valence-corrected chi connectivity index (χ2v) is 8.66. The zero-order chi connectivity index (χ0) is 20.4. The van der Waals surface area contributed by atoms with Crippen LogP contribution in [-0.2, 0) is 14.8 Å². The Bertz CT molecular complexity index is 944. The van der Waals surface area contributed by atoms with Gasteiger partial charge in [-0.3, -0.25) is 9.10 Å². The second kappa shape index (κ2) is 8.08. The van der Waals surface area contributed by atoms with Crippen molar-refractivity contribution in [2.75, 3.05) is 10.6 Å². The maximum Gasteiger partial charge on any atom is 0.244 e. The quantitative estimate of drug-likeness (QED) is 0.819. The molecule has 0 unspecified atom stereocenters. The van der Waals surface area contributed by atoms with E-state index >= 15 is 0 Å². The van der Waals surface area contributed by atoms with E-state index in [0.717, 1.165) is 33.3 Å². The molecule has 2 aromatic carbocycles. The number of nitrogens with one attached hydrogen (secondary N) is 1. The van der Waals surface area contributed by atoms with E-state index in [4.69, 9.17) is 0 Å². The minimum atomic E-state index is -3.79. The third-order valence-electron chi connectivity index (χ3n) is 4.41. The number of benzene rings is 2. The van der Waals surface area contributed by atoms with Gasteiger partial charge in [0, 0.05) is 0 Å². The smallest absolute Gasteiger partial charge is 0.244 e. The second-order valence-electron chi connectivity index (χ2n) is 6.80. The van der Waals surface area contributed by atoms with E-state index in [1.165, 1.54) is 25.1 Å². The molecule has 0 bridgehead atoms. The van der Waals surface area contributed by atoms with Crippen molar-refractivity contribution in [3.8, 4) is 0 Å². The zero-order valence-corrected chi connectivity index (χ0v) is 17.0. The first-order valence-corrected chi connectivity index (χ1v) is 10.5. The number of sulfonamides is 1. The highest BCUT2D eigenvalue weighted by Gasteiger charge is 2.30. The lowest BCUT2D eigenvalue weighted by atomic mass is 10.00. The van der Waals surface area contributed by atoms with Crippen LogP contribution in [0, 0.1) is 19.7 Å². The molecule has 0 aliphatic heterocycles. The number of anilines is 1. The third kappa shape index (κ3) is 5.07. The molecule has 0 saturated heterocycles. The number of carbonyl (C=O) groups is 1. The summed E-state index contributed by atoms with van der Waals surface area (Å²) < 4.78 is 39.0. The van der Waals surface area contributed by atoms with Crippen molar-refractivity contribution >= 4 is 21.6 Å². The number of rotatable bonds is 6. The van der Waals surface area contributed by atoms with Gasteiger partial charge in [-0.25, -0.2) is 12.8 Å². The monoisotopic (exact) mass is 392 g/mol. The largest absolute Gasteiger partial charge is 0.348 e. The normalized spacial score (nSPS) is 13.7. The number of aryl methyl sites for hydroxylation is 2. The molecule has 5 nitrogen and oxygen atoms in total. The molecule has 0 fully saturated rings. The summed E-state index contributed by atoms with van der Waals surface area (Å²) in [5.41, 5.74) is 3.18. The molecule has 146 valence electrons. The van der Waals surface area contributed by atoms with Gasteiger partial charge in [0.1, 0.15) is 11.9 Å². The summed E-state index contributed by atoms with van der Waals surface area (Å²) in [6.45, 7) is 7.25. The van der Waals surface area contributed by atoms with Gasteiger partial charge in [-0.2, -0.15) is 0 Å². The van der Waals surface area contributed by atoms with Crippen molar-refractivity contribution in [3.63, 3.8) is 0 Å². The molecular weight excluding hydrogens is 367 g/mol. The molecule has 0 heterocycles. The molecule has 1 N–H and O–H groups in total. The van der Waals surface area contributed by atoms with Crippen LogP contribution in [0.5, 0.6) is 0 Å². The van der Waals surface area contributed by atoms with Gasteiger partial charge in [0.25, 0.3) is 0 Å². The zero-order valence-electron chi connectivity index (χ0n) is 16.2. The molecule has 0 spiro atoms. The van der Waals surface area contributed by atoms with E-state index in [0.29, 0.717) is 0 Å². The molecule has 7 heteroatoms. The summed E-state index contributed by atoms with van der Waals surface area (Å²) in [5, 5.41) is 2.86. The fourth-order valence-corrected chi connectivity index (χ4v) is 4.23. The number of halogens is 1. The highest BCUT2D eigenvalue weighted by Crippen LogP contribution is 2.23. The van der Waals surface area contributed by atoms with Crippen LogP contribution in [0.25, 0.3) is 0 Å². The summed E-state index contributed by atoms with van der Waals surface area (Å²) in [6, 6.07) is 9.82. The van der Waals surface area contributed by atoms with Crippen molar-refractivity contribution in [1.82, 2.24) is 5.32 Å². The molecule has 0 aliphatic rings. The van der Waals surface area contributed by atoms with Crippen LogP contribution in [0.3, 0.4) is 0 Å². The minimum absolute atomic E-state index is 0.111. The maximum absolute atomic E-state index is 13.6. The molecule has 0 radical (unpaired) electrons. The molecule has 0 saturated carbocycles. The topological polar surface area (TPSA) is 66.5 Å². The third-order valence-corrected chi connectivity index (χ3v) is 5.65. The summed E-state index contributed by atoms with van der Waals surface area (Å²) in [5.74, 6) is -1.03. The number of hydrogen-bond acceptors (Lipinski definition) is 3. The first kappa shape index (κ1) is 20.9. The Morgan fingerprint density at radius 2 is 1.78 bits per heavy atom. The van der Waals surface area contributed by atoms with Gasteiger partial charge in [-0.1, -0.05) is 29.8 Å². The van der Waals surface area contributed by atoms with Crippen LogP contribution in [-0.4, -0.2) is 26.6 Å². The molecule has 2 rings (SSSR count). The predicted molar refractivity (Wildman–Crippen MR) is 106 cm³/mol. The fourth-order valence-electron chi connectivity index (χ4n) is 3.06. The first-order valence-electron chi connectivity index (χ1n) is 8.63. The molecule has 0 aliphatic carbocycles. The lowest BCUT2D eigenvalue weighted by Crippen LogP contribution is -2.48. The molecule has 2 aromatic rings. The Labute approximate surface area is 160 Å². The van der Waals surface area contributed by atoms with E-state index in [2.05, 4.69) is 5.32 Å². The van der Waals surface area contributed by atoms with E-state index < -0.39 is 27.8 Å². The SMILES string of the molecule is Cc1ccc(C)c([C@H](C)NC(=O)[C@@H](C)N(c2cccc(F)c2)S(C)(=O)=O)c1. The predicted octanol–water partition coefficient (Wildman–Crippen LogP) is 3.47. The Morgan fingerprint density at radius 1 is 1.11 bits per heavy atom. The standard InChI is InChI=1S/C20H25FN2O3S/c1-13-9-10-14(2)19(11-13)15(3)22-20(24)16(4)23(27(5,25)26)18-8-6-7-17(21)12-18/h6-12,15-16H,1-5H3,(H,22,24)/t15-,16+/m0/s1. The Kier molecular flexibility index (Phi) is 6.26. The van der Waals surface area contributed by atoms with Gasteiger partial charge in [-0.15, -0.1) is 0 Å². The highest BCUT2D eigenvalue weighted by atomic mass is 32.2. The number of nitrogens with zero attached hydrogens (tertiary/aromatic N) is 1. The van der Waals surface area contributed by atoms with E-state index in [1.807, 2.05) is 39.0 Å². The van der Waals surface area contributed by atoms with Crippen LogP contribution in [0.1, 0.15) is 36.6 Å². The molecule has 0 aromatic heterocycles. The lowest BCUT2D eigenvalue weighted by molar-refractivity contribution is -0.122. The van der Waals surface area contributed by atoms with Crippen LogP contribution < -0.4 is 9.62 Å². The minimum Gasteiger partial charge on any atom is -0.348 e. The maximum atomic E-state index is 13.6. The summed E-state index contributed by atoms with van der Waals surface area (Å²) in [6.07, 6.45) is 0.996. The van der Waals surface area contributed by atoms with Crippen LogP contribution in [0.4, 0.5) is 10.1 Å². The molecule has 27 heavy (non-hydrogen) atoms. The van der Waals surface area contributed by atoms with Gasteiger partial charge in [0.2, 0.25) is 15.9 Å². The van der Waals surface area contributed by atoms with Gasteiger partial charge < -0.3 is 5.32 Å². The van der Waals surface area contributed by atoms with E-state index in [9.17, 15) is 17.6 Å². The molecule has 2 atom stereocenters. The Morgan fingerprint density at radius 3 is 2.37 bits per heavy atom. The Hall–Kier alpha value is -2.41. The van der Waals surface area contributed by atoms with Crippen LogP contribution in [0.2, 0.25) is 0 Å². The average Bonchev–Trinajstić information content (AvgIpc) is 2.55. The van der Waals surface area contributed by atoms with Gasteiger partial charge >= 0.3 is 0 Å². The first-order chi connectivity index (χ1) is 12.5. The lowest BCUT2D eigenvalue weighted by Gasteiger charge is -2.29. The van der Waals surface area contributed by atoms with Gasteiger partial charge in [0.15, 0.2) is 0 Å². The summed E-state index contributed by atoms with van der Waals surface area (Å²) in [7, 11) is -3.79. The molecule has 1 amide bonds. The van der Waals surface area contributed by atoms with Crippen molar-refractivity contribution in [2.24, 2.45) is 0 Å². The van der Waals surface area contributed by atoms with Gasteiger partial charge in [0.05, 0.1) is 18.0 Å². The van der Waals surface area contributed by atoms with E-state index in [-0.39, 0.29) is 11.7 Å². The number of hydrogen-bond donors (Lipinski definition) is 1. The van der Waals surface area contributed by atoms with Crippen LogP contribution in [0.15, 0.2) is 42.5 Å². The Balaban J connectivity index is 2.28.